The Bertz CT molecular complexity index is 601. The minimum atomic E-state index is -1.65. The van der Waals surface area contributed by atoms with Gasteiger partial charge in [-0.05, 0) is 63.7 Å². The number of rotatable bonds is 22. The fourth-order valence-electron chi connectivity index (χ4n) is 6.08. The van der Waals surface area contributed by atoms with Crippen molar-refractivity contribution in [3.05, 3.63) is 0 Å². The van der Waals surface area contributed by atoms with Crippen LogP contribution in [0, 0.1) is 23.2 Å². The summed E-state index contributed by atoms with van der Waals surface area (Å²) in [7, 11) is 1.82. The molecule has 38 heavy (non-hydrogen) atoms. The Labute approximate surface area is 237 Å². The Hall–Kier alpha value is -0.240. The molecule has 0 amide bonds. The standard InChI is InChI=1S/C32H66O6/c1-15-19-21-28(26(7)8)31(34-18-4,30(33-14,24-25(5)6)29(11,12)13)32(35-22-17-3,37-27(9)10)38-36-23-20-16-2/h25-28H,15-24H2,1-14H3. The van der Waals surface area contributed by atoms with Crippen molar-refractivity contribution in [2.75, 3.05) is 26.9 Å². The first kappa shape index (κ1) is 37.8. The van der Waals surface area contributed by atoms with Gasteiger partial charge in [-0.1, -0.05) is 88.5 Å². The maximum atomic E-state index is 7.17. The molecule has 0 aliphatic carbocycles. The average molecular weight is 547 g/mol. The highest BCUT2D eigenvalue weighted by Crippen LogP contribution is 2.59. The summed E-state index contributed by atoms with van der Waals surface area (Å²) in [5.74, 6) is -1.11. The third-order valence-electron chi connectivity index (χ3n) is 7.52. The van der Waals surface area contributed by atoms with Gasteiger partial charge >= 0.3 is 5.97 Å². The van der Waals surface area contributed by atoms with Crippen molar-refractivity contribution >= 4 is 0 Å². The predicted molar refractivity (Wildman–Crippen MR) is 158 cm³/mol. The Kier molecular flexibility index (Phi) is 17.4. The van der Waals surface area contributed by atoms with E-state index in [0.717, 1.165) is 44.9 Å². The normalized spacial score (nSPS) is 18.6. The summed E-state index contributed by atoms with van der Waals surface area (Å²) in [6, 6.07) is 0. The minimum Gasteiger partial charge on any atom is -0.374 e. The van der Waals surface area contributed by atoms with E-state index in [9.17, 15) is 0 Å². The van der Waals surface area contributed by atoms with Crippen LogP contribution in [0.15, 0.2) is 0 Å². The van der Waals surface area contributed by atoms with Crippen LogP contribution in [0.4, 0.5) is 0 Å². The van der Waals surface area contributed by atoms with Crippen LogP contribution in [-0.4, -0.2) is 50.2 Å². The molecule has 6 nitrogen and oxygen atoms in total. The molecule has 0 fully saturated rings. The third-order valence-corrected chi connectivity index (χ3v) is 7.52. The summed E-state index contributed by atoms with van der Waals surface area (Å²) < 4.78 is 27.7. The van der Waals surface area contributed by atoms with Crippen LogP contribution in [0.3, 0.4) is 0 Å². The van der Waals surface area contributed by atoms with Crippen LogP contribution in [-0.2, 0) is 28.7 Å². The number of unbranched alkanes of at least 4 members (excludes halogenated alkanes) is 2. The van der Waals surface area contributed by atoms with Gasteiger partial charge in [-0.3, -0.25) is 0 Å². The number of hydrogen-bond acceptors (Lipinski definition) is 6. The lowest BCUT2D eigenvalue weighted by Gasteiger charge is -2.64. The van der Waals surface area contributed by atoms with Crippen LogP contribution in [0.2, 0.25) is 0 Å². The number of ether oxygens (including phenoxy) is 4. The zero-order valence-corrected chi connectivity index (χ0v) is 27.8. The fourth-order valence-corrected chi connectivity index (χ4v) is 6.08. The van der Waals surface area contributed by atoms with E-state index in [4.69, 9.17) is 28.7 Å². The van der Waals surface area contributed by atoms with E-state index in [0.29, 0.717) is 25.7 Å². The zero-order valence-electron chi connectivity index (χ0n) is 27.8. The number of hydrogen-bond donors (Lipinski definition) is 0. The number of methoxy groups -OCH3 is 1. The monoisotopic (exact) mass is 546 g/mol. The van der Waals surface area contributed by atoms with Gasteiger partial charge in [-0.15, -0.1) is 0 Å². The molecule has 0 spiro atoms. The molecule has 0 radical (unpaired) electrons. The van der Waals surface area contributed by atoms with E-state index in [2.05, 4.69) is 69.2 Å². The Balaban J connectivity index is 8.03. The van der Waals surface area contributed by atoms with E-state index in [1.54, 1.807) is 0 Å². The maximum Gasteiger partial charge on any atom is 0.345 e. The first-order valence-electron chi connectivity index (χ1n) is 15.5. The lowest BCUT2D eigenvalue weighted by molar-refractivity contribution is -0.573. The highest BCUT2D eigenvalue weighted by atomic mass is 17.3. The summed E-state index contributed by atoms with van der Waals surface area (Å²) in [4.78, 5) is 12.5. The van der Waals surface area contributed by atoms with Crippen molar-refractivity contribution in [1.82, 2.24) is 0 Å². The van der Waals surface area contributed by atoms with Crippen LogP contribution in [0.25, 0.3) is 0 Å². The van der Waals surface area contributed by atoms with Crippen molar-refractivity contribution < 1.29 is 28.7 Å². The summed E-state index contributed by atoms with van der Waals surface area (Å²) in [5, 5.41) is 0. The smallest absolute Gasteiger partial charge is 0.345 e. The first-order valence-corrected chi connectivity index (χ1v) is 15.5. The average Bonchev–Trinajstić information content (AvgIpc) is 2.81. The van der Waals surface area contributed by atoms with E-state index in [-0.39, 0.29) is 23.4 Å². The second-order valence-corrected chi connectivity index (χ2v) is 12.9. The van der Waals surface area contributed by atoms with Crippen molar-refractivity contribution in [3.63, 3.8) is 0 Å². The second-order valence-electron chi connectivity index (χ2n) is 12.9. The quantitative estimate of drug-likeness (QED) is 0.0584. The van der Waals surface area contributed by atoms with Gasteiger partial charge in [0.25, 0.3) is 0 Å². The summed E-state index contributed by atoms with van der Waals surface area (Å²) in [6.07, 6.45) is 6.23. The molecule has 0 aromatic heterocycles. The first-order chi connectivity index (χ1) is 17.7. The molecule has 6 heteroatoms. The molecule has 0 aromatic carbocycles. The van der Waals surface area contributed by atoms with E-state index in [1.165, 1.54) is 0 Å². The van der Waals surface area contributed by atoms with Crippen LogP contribution in [0.1, 0.15) is 135 Å². The molecule has 0 saturated heterocycles. The summed E-state index contributed by atoms with van der Waals surface area (Å²) in [5.41, 5.74) is -2.36. The predicted octanol–water partition coefficient (Wildman–Crippen LogP) is 8.96. The molecule has 4 atom stereocenters. The van der Waals surface area contributed by atoms with Crippen molar-refractivity contribution in [2.45, 2.75) is 158 Å². The van der Waals surface area contributed by atoms with Gasteiger partial charge in [0, 0.05) is 19.6 Å². The van der Waals surface area contributed by atoms with Crippen LogP contribution < -0.4 is 0 Å². The maximum absolute atomic E-state index is 7.17. The van der Waals surface area contributed by atoms with Gasteiger partial charge in [0.15, 0.2) is 5.60 Å². The lowest BCUT2D eigenvalue weighted by Crippen LogP contribution is -2.79. The van der Waals surface area contributed by atoms with Crippen LogP contribution in [0.5, 0.6) is 0 Å². The van der Waals surface area contributed by atoms with Crippen molar-refractivity contribution in [2.24, 2.45) is 23.2 Å². The van der Waals surface area contributed by atoms with E-state index in [1.807, 2.05) is 27.9 Å². The largest absolute Gasteiger partial charge is 0.374 e. The van der Waals surface area contributed by atoms with Gasteiger partial charge in [0.2, 0.25) is 0 Å². The van der Waals surface area contributed by atoms with Crippen molar-refractivity contribution in [1.29, 1.82) is 0 Å². The minimum absolute atomic E-state index is 0.00861. The Morgan fingerprint density at radius 3 is 1.74 bits per heavy atom. The fraction of sp³-hybridized carbons (Fsp3) is 1.00. The molecule has 0 N–H and O–H groups in total. The Morgan fingerprint density at radius 1 is 0.737 bits per heavy atom. The van der Waals surface area contributed by atoms with Gasteiger partial charge in [-0.25, -0.2) is 4.89 Å². The molecular formula is C32H66O6. The topological polar surface area (TPSA) is 55.4 Å². The van der Waals surface area contributed by atoms with E-state index >= 15 is 0 Å². The molecule has 0 bridgehead atoms. The van der Waals surface area contributed by atoms with Gasteiger partial charge in [-0.2, -0.15) is 4.89 Å². The molecule has 0 saturated carbocycles. The molecule has 0 rings (SSSR count). The molecule has 230 valence electrons. The summed E-state index contributed by atoms with van der Waals surface area (Å²) >= 11 is 0. The third kappa shape index (κ3) is 8.88. The second kappa shape index (κ2) is 17.5. The zero-order chi connectivity index (χ0) is 29.6. The molecule has 4 unspecified atom stereocenters. The highest BCUT2D eigenvalue weighted by Gasteiger charge is 2.75. The van der Waals surface area contributed by atoms with Crippen molar-refractivity contribution in [3.8, 4) is 0 Å². The Morgan fingerprint density at radius 2 is 1.34 bits per heavy atom. The molecule has 0 aromatic rings. The van der Waals surface area contributed by atoms with Gasteiger partial charge < -0.3 is 18.9 Å². The molecule has 0 aliphatic rings. The van der Waals surface area contributed by atoms with Gasteiger partial charge in [0.1, 0.15) is 5.60 Å². The summed E-state index contributed by atoms with van der Waals surface area (Å²) in [6.45, 7) is 29.6. The van der Waals surface area contributed by atoms with Gasteiger partial charge in [0.05, 0.1) is 19.3 Å². The highest BCUT2D eigenvalue weighted by molar-refractivity contribution is 5.17. The van der Waals surface area contributed by atoms with E-state index < -0.39 is 17.2 Å². The lowest BCUT2D eigenvalue weighted by atomic mass is 9.55. The molecular weight excluding hydrogens is 480 g/mol. The SMILES string of the molecule is CCCCOOC(OCCC)(OC(C)C)C(OCC)(C(CCCC)C(C)C)C(CC(C)C)(OC)C(C)(C)C. The molecule has 0 heterocycles. The van der Waals surface area contributed by atoms with Crippen LogP contribution >= 0.6 is 0 Å². The molecule has 0 aliphatic heterocycles.